The topological polar surface area (TPSA) is 123 Å². The van der Waals surface area contributed by atoms with Gasteiger partial charge in [-0.2, -0.15) is 10.2 Å². The van der Waals surface area contributed by atoms with E-state index in [1.54, 1.807) is 18.3 Å². The number of rotatable bonds is 8. The summed E-state index contributed by atoms with van der Waals surface area (Å²) in [6, 6.07) is 9.08. The number of cyclic esters (lactones) is 1. The molecule has 0 unspecified atom stereocenters. The first-order valence-corrected chi connectivity index (χ1v) is 9.46. The van der Waals surface area contributed by atoms with Crippen LogP contribution < -0.4 is 15.8 Å². The molecule has 1 aliphatic rings. The molecule has 0 radical (unpaired) electrons. The van der Waals surface area contributed by atoms with Crippen molar-refractivity contribution in [3.63, 3.8) is 0 Å². The molecule has 0 aliphatic carbocycles. The molecule has 1 aliphatic heterocycles. The number of nitriles is 1. The van der Waals surface area contributed by atoms with Gasteiger partial charge in [0.2, 0.25) is 5.88 Å². The van der Waals surface area contributed by atoms with Gasteiger partial charge in [-0.25, -0.2) is 9.79 Å². The third-order valence-corrected chi connectivity index (χ3v) is 4.91. The van der Waals surface area contributed by atoms with Crippen molar-refractivity contribution in [2.24, 2.45) is 10.7 Å². The van der Waals surface area contributed by atoms with Gasteiger partial charge in [0.1, 0.15) is 18.2 Å². The average Bonchev–Trinajstić information content (AvgIpc) is 3.15. The van der Waals surface area contributed by atoms with Crippen molar-refractivity contribution < 1.29 is 14.3 Å². The monoisotopic (exact) mass is 405 g/mol. The van der Waals surface area contributed by atoms with E-state index >= 15 is 0 Å². The highest BCUT2D eigenvalue weighted by Crippen LogP contribution is 2.26. The fourth-order valence-corrected chi connectivity index (χ4v) is 3.16. The standard InChI is InChI=1S/C22H23N5O3/c1-14-16(3-5-18-19(14)13-30-22(18)28)7-8-25-11-15(9-23)12-26-20-6-4-17(10-24)21(27-20)29-2/h3-6,9,12,25H,7-8,11,13,23H2,1-2H3. The minimum absolute atomic E-state index is 0.236. The molecule has 0 saturated carbocycles. The van der Waals surface area contributed by atoms with Crippen LogP contribution in [0.3, 0.4) is 0 Å². The maximum absolute atomic E-state index is 11.6. The van der Waals surface area contributed by atoms with Gasteiger partial charge >= 0.3 is 5.97 Å². The molecule has 3 rings (SSSR count). The Labute approximate surface area is 175 Å². The van der Waals surface area contributed by atoms with Gasteiger partial charge in [0.05, 0.1) is 12.7 Å². The van der Waals surface area contributed by atoms with Gasteiger partial charge in [0, 0.05) is 18.3 Å². The highest BCUT2D eigenvalue weighted by atomic mass is 16.5. The summed E-state index contributed by atoms with van der Waals surface area (Å²) in [6.45, 7) is 3.65. The van der Waals surface area contributed by atoms with Crippen LogP contribution in [-0.2, 0) is 17.8 Å². The molecule has 0 atom stereocenters. The number of aliphatic imine (C=N–C) groups is 1. The van der Waals surface area contributed by atoms with Crippen molar-refractivity contribution in [3.05, 3.63) is 63.9 Å². The first-order valence-electron chi connectivity index (χ1n) is 9.46. The van der Waals surface area contributed by atoms with E-state index in [2.05, 4.69) is 15.3 Å². The molecule has 8 nitrogen and oxygen atoms in total. The van der Waals surface area contributed by atoms with Crippen LogP contribution >= 0.6 is 0 Å². The van der Waals surface area contributed by atoms with Crippen LogP contribution in [-0.4, -0.2) is 37.4 Å². The maximum atomic E-state index is 11.6. The smallest absolute Gasteiger partial charge is 0.338 e. The number of nitrogens with two attached hydrogens (primary N) is 1. The fourth-order valence-electron chi connectivity index (χ4n) is 3.16. The molecule has 0 amide bonds. The Morgan fingerprint density at radius 3 is 3.00 bits per heavy atom. The van der Waals surface area contributed by atoms with Crippen molar-refractivity contribution in [2.75, 3.05) is 20.2 Å². The lowest BCUT2D eigenvalue weighted by Crippen LogP contribution is -2.21. The number of benzene rings is 1. The Bertz CT molecular complexity index is 1050. The van der Waals surface area contributed by atoms with Crippen LogP contribution in [0.1, 0.15) is 32.6 Å². The van der Waals surface area contributed by atoms with Crippen LogP contribution in [0.5, 0.6) is 5.88 Å². The SMILES string of the molecule is COc1nc(N=CC(=CN)CNCCc2ccc3c(c2C)COC3=O)ccc1C#N. The number of aromatic nitrogens is 1. The lowest BCUT2D eigenvalue weighted by Gasteiger charge is -2.10. The second-order valence-electron chi connectivity index (χ2n) is 6.72. The highest BCUT2D eigenvalue weighted by molar-refractivity contribution is 5.93. The molecule has 2 heterocycles. The lowest BCUT2D eigenvalue weighted by atomic mass is 9.97. The fraction of sp³-hybridized carbons (Fsp3) is 0.273. The Balaban J connectivity index is 1.54. The summed E-state index contributed by atoms with van der Waals surface area (Å²) in [5.74, 6) is 0.417. The van der Waals surface area contributed by atoms with Crippen molar-refractivity contribution in [3.8, 4) is 11.9 Å². The Morgan fingerprint density at radius 2 is 2.27 bits per heavy atom. The van der Waals surface area contributed by atoms with Crippen LogP contribution in [0.15, 0.2) is 41.0 Å². The number of carbonyl (C=O) groups is 1. The zero-order valence-corrected chi connectivity index (χ0v) is 16.9. The van der Waals surface area contributed by atoms with E-state index in [-0.39, 0.29) is 11.8 Å². The molecule has 8 heteroatoms. The first kappa shape index (κ1) is 21.0. The molecule has 1 aromatic carbocycles. The Kier molecular flexibility index (Phi) is 6.78. The van der Waals surface area contributed by atoms with Gasteiger partial charge < -0.3 is 20.5 Å². The molecule has 0 spiro atoms. The number of ether oxygens (including phenoxy) is 2. The second kappa shape index (κ2) is 9.67. The van der Waals surface area contributed by atoms with Crippen LogP contribution in [0.4, 0.5) is 5.82 Å². The third-order valence-electron chi connectivity index (χ3n) is 4.91. The molecule has 0 bridgehead atoms. The first-order chi connectivity index (χ1) is 14.6. The number of esters is 1. The summed E-state index contributed by atoms with van der Waals surface area (Å²) in [5.41, 5.74) is 10.8. The van der Waals surface area contributed by atoms with Gasteiger partial charge in [-0.3, -0.25) is 0 Å². The molecule has 2 aromatic rings. The van der Waals surface area contributed by atoms with Crippen molar-refractivity contribution in [2.45, 2.75) is 20.0 Å². The molecule has 154 valence electrons. The van der Waals surface area contributed by atoms with E-state index in [0.29, 0.717) is 30.1 Å². The molecule has 30 heavy (non-hydrogen) atoms. The van der Waals surface area contributed by atoms with Gasteiger partial charge in [-0.1, -0.05) is 6.07 Å². The van der Waals surface area contributed by atoms with E-state index in [4.69, 9.17) is 20.5 Å². The Hall–Kier alpha value is -3.70. The molecular weight excluding hydrogens is 382 g/mol. The molecular formula is C22H23N5O3. The molecule has 1 aromatic heterocycles. The molecule has 3 N–H and O–H groups in total. The maximum Gasteiger partial charge on any atom is 0.338 e. The summed E-state index contributed by atoms with van der Waals surface area (Å²) >= 11 is 0. The predicted molar refractivity (Wildman–Crippen MR) is 113 cm³/mol. The number of nitrogens with zero attached hydrogens (tertiary/aromatic N) is 3. The van der Waals surface area contributed by atoms with Crippen molar-refractivity contribution in [1.29, 1.82) is 5.26 Å². The number of hydrogen-bond acceptors (Lipinski definition) is 8. The molecule has 0 saturated heterocycles. The van der Waals surface area contributed by atoms with Crippen molar-refractivity contribution in [1.82, 2.24) is 10.3 Å². The number of methoxy groups -OCH3 is 1. The largest absolute Gasteiger partial charge is 0.480 e. The molecule has 0 fully saturated rings. The van der Waals surface area contributed by atoms with Crippen LogP contribution in [0.25, 0.3) is 0 Å². The number of pyridine rings is 1. The quantitative estimate of drug-likeness (QED) is 0.392. The normalized spacial score (nSPS) is 13.2. The second-order valence-corrected chi connectivity index (χ2v) is 6.72. The summed E-state index contributed by atoms with van der Waals surface area (Å²) in [7, 11) is 1.46. The third kappa shape index (κ3) is 4.64. The number of nitrogens with one attached hydrogen (secondary N) is 1. The van der Waals surface area contributed by atoms with Gasteiger partial charge in [0.15, 0.2) is 5.82 Å². The minimum Gasteiger partial charge on any atom is -0.480 e. The zero-order chi connectivity index (χ0) is 21.5. The Morgan fingerprint density at radius 1 is 1.43 bits per heavy atom. The average molecular weight is 405 g/mol. The summed E-state index contributed by atoms with van der Waals surface area (Å²) in [6.07, 6.45) is 3.93. The van der Waals surface area contributed by atoms with E-state index in [9.17, 15) is 4.79 Å². The summed E-state index contributed by atoms with van der Waals surface area (Å²) in [4.78, 5) is 20.1. The number of fused-ring (bicyclic) bond motifs is 1. The van der Waals surface area contributed by atoms with Gasteiger partial charge in [-0.15, -0.1) is 0 Å². The van der Waals surface area contributed by atoms with Gasteiger partial charge in [0.25, 0.3) is 0 Å². The summed E-state index contributed by atoms with van der Waals surface area (Å²) < 4.78 is 10.2. The van der Waals surface area contributed by atoms with E-state index < -0.39 is 0 Å². The van der Waals surface area contributed by atoms with E-state index in [1.165, 1.54) is 18.9 Å². The highest BCUT2D eigenvalue weighted by Gasteiger charge is 2.23. The van der Waals surface area contributed by atoms with E-state index in [1.807, 2.05) is 25.1 Å². The van der Waals surface area contributed by atoms with Crippen molar-refractivity contribution >= 4 is 18.0 Å². The summed E-state index contributed by atoms with van der Waals surface area (Å²) in [5, 5.41) is 12.4. The zero-order valence-electron chi connectivity index (χ0n) is 16.9. The van der Waals surface area contributed by atoms with E-state index in [0.717, 1.165) is 29.7 Å². The predicted octanol–water partition coefficient (Wildman–Crippen LogP) is 2.32. The lowest BCUT2D eigenvalue weighted by molar-refractivity contribution is 0.0535. The number of carbonyl (C=O) groups excluding carboxylic acids is 1. The van der Waals surface area contributed by atoms with Crippen LogP contribution in [0.2, 0.25) is 0 Å². The minimum atomic E-state index is -0.246. The van der Waals surface area contributed by atoms with Gasteiger partial charge in [-0.05, 0) is 61.0 Å². The van der Waals surface area contributed by atoms with Crippen LogP contribution in [0, 0.1) is 18.3 Å². The number of hydrogen-bond donors (Lipinski definition) is 2.